The van der Waals surface area contributed by atoms with Gasteiger partial charge in [-0.1, -0.05) is 24.3 Å². The number of hydrogen-bond donors (Lipinski definition) is 2. The summed E-state index contributed by atoms with van der Waals surface area (Å²) in [5.41, 5.74) is 4.03. The Morgan fingerprint density at radius 2 is 1.97 bits per heavy atom. The van der Waals surface area contributed by atoms with Crippen LogP contribution in [0.3, 0.4) is 0 Å². The number of nitrogens with one attached hydrogen (secondary N) is 2. The highest BCUT2D eigenvalue weighted by molar-refractivity contribution is 6.02. The zero-order valence-corrected chi connectivity index (χ0v) is 15.8. The minimum Gasteiger partial charge on any atom is -0.295 e. The van der Waals surface area contributed by atoms with E-state index in [2.05, 4.69) is 20.8 Å². The molecule has 148 valence electrons. The minimum absolute atomic E-state index is 0.00854. The largest absolute Gasteiger partial charge is 0.295 e. The quantitative estimate of drug-likeness (QED) is 0.379. The molecule has 3 aromatic rings. The maximum atomic E-state index is 12.9. The number of aromatic amines is 1. The summed E-state index contributed by atoms with van der Waals surface area (Å²) in [6.07, 6.45) is 0. The van der Waals surface area contributed by atoms with E-state index in [1.54, 1.807) is 50.2 Å². The van der Waals surface area contributed by atoms with Gasteiger partial charge in [0.05, 0.1) is 22.5 Å². The van der Waals surface area contributed by atoms with E-state index < -0.39 is 12.6 Å². The molecule has 9 heteroatoms. The SMILES string of the molecule is CC(=NNC(=O)c1ccccc1N=O)c1c(C)[nH]n(-c2cccc(CF)c2)c1=O. The third kappa shape index (κ3) is 4.03. The number of hydrazone groups is 1. The summed E-state index contributed by atoms with van der Waals surface area (Å²) in [4.78, 5) is 35.9. The Bertz CT molecular complexity index is 1160. The molecule has 0 atom stereocenters. The molecular formula is C20H18FN5O3. The molecule has 1 aromatic heterocycles. The number of H-pyrrole nitrogens is 1. The fraction of sp³-hybridized carbons (Fsp3) is 0.150. The molecule has 0 aliphatic rings. The molecule has 0 fully saturated rings. The average molecular weight is 395 g/mol. The number of nitrogens with zero attached hydrogens (tertiary/aromatic N) is 3. The van der Waals surface area contributed by atoms with Crippen molar-refractivity contribution >= 4 is 17.3 Å². The number of hydrogen-bond acceptors (Lipinski definition) is 5. The Hall–Kier alpha value is -3.88. The standard InChI is InChI=1S/C20H18FN5O3/c1-12(22-23-19(27)16-8-3-4-9-17(16)25-29)18-13(2)24-26(20(18)28)15-7-5-6-14(10-15)11-21/h3-10,24H,11H2,1-2H3,(H,23,27). The lowest BCUT2D eigenvalue weighted by Gasteiger charge is -2.03. The molecule has 0 radical (unpaired) electrons. The van der Waals surface area contributed by atoms with Crippen LogP contribution >= 0.6 is 0 Å². The molecule has 0 aliphatic heterocycles. The number of nitroso groups, excluding NO2 is 1. The van der Waals surface area contributed by atoms with Gasteiger partial charge in [-0.05, 0) is 48.9 Å². The molecule has 3 rings (SSSR count). The number of halogens is 1. The topological polar surface area (TPSA) is 109 Å². The van der Waals surface area contributed by atoms with Crippen molar-refractivity contribution in [3.8, 4) is 5.69 Å². The van der Waals surface area contributed by atoms with Gasteiger partial charge in [-0.25, -0.2) is 14.5 Å². The Morgan fingerprint density at radius 1 is 1.21 bits per heavy atom. The van der Waals surface area contributed by atoms with Crippen LogP contribution in [0.4, 0.5) is 10.1 Å². The average Bonchev–Trinajstić information content (AvgIpc) is 3.05. The first-order chi connectivity index (χ1) is 14.0. The summed E-state index contributed by atoms with van der Waals surface area (Å²) in [6.45, 7) is 2.63. The van der Waals surface area contributed by atoms with Crippen LogP contribution in [0.15, 0.2) is 63.6 Å². The van der Waals surface area contributed by atoms with E-state index in [-0.39, 0.29) is 28.1 Å². The van der Waals surface area contributed by atoms with Gasteiger partial charge in [0.1, 0.15) is 12.4 Å². The Kier molecular flexibility index (Phi) is 5.77. The van der Waals surface area contributed by atoms with Gasteiger partial charge >= 0.3 is 0 Å². The van der Waals surface area contributed by atoms with Crippen molar-refractivity contribution in [1.82, 2.24) is 15.2 Å². The number of alkyl halides is 1. The zero-order valence-electron chi connectivity index (χ0n) is 15.8. The highest BCUT2D eigenvalue weighted by Crippen LogP contribution is 2.18. The molecule has 1 amide bonds. The van der Waals surface area contributed by atoms with Gasteiger partial charge in [0, 0.05) is 5.69 Å². The van der Waals surface area contributed by atoms with Gasteiger partial charge in [-0.2, -0.15) is 5.10 Å². The summed E-state index contributed by atoms with van der Waals surface area (Å²) >= 11 is 0. The van der Waals surface area contributed by atoms with Crippen LogP contribution < -0.4 is 11.0 Å². The van der Waals surface area contributed by atoms with Crippen LogP contribution in [-0.2, 0) is 6.67 Å². The monoisotopic (exact) mass is 395 g/mol. The second kappa shape index (κ2) is 8.42. The molecular weight excluding hydrogens is 377 g/mol. The predicted molar refractivity (Wildman–Crippen MR) is 108 cm³/mol. The van der Waals surface area contributed by atoms with E-state index in [4.69, 9.17) is 0 Å². The third-order valence-electron chi connectivity index (χ3n) is 4.33. The lowest BCUT2D eigenvalue weighted by molar-refractivity contribution is 0.0955. The molecule has 0 saturated carbocycles. The summed E-state index contributed by atoms with van der Waals surface area (Å²) in [7, 11) is 0. The van der Waals surface area contributed by atoms with Crippen LogP contribution in [0.25, 0.3) is 5.69 Å². The van der Waals surface area contributed by atoms with Crippen LogP contribution in [0.1, 0.15) is 34.1 Å². The lowest BCUT2D eigenvalue weighted by Crippen LogP contribution is -2.23. The molecule has 8 nitrogen and oxygen atoms in total. The summed E-state index contributed by atoms with van der Waals surface area (Å²) in [5.74, 6) is -0.622. The van der Waals surface area contributed by atoms with Crippen molar-refractivity contribution in [1.29, 1.82) is 0 Å². The van der Waals surface area contributed by atoms with Crippen LogP contribution in [-0.4, -0.2) is 21.4 Å². The Labute approximate surface area is 165 Å². The van der Waals surface area contributed by atoms with Crippen molar-refractivity contribution in [2.45, 2.75) is 20.5 Å². The Balaban J connectivity index is 1.90. The maximum absolute atomic E-state index is 12.9. The second-order valence-electron chi connectivity index (χ2n) is 6.30. The van der Waals surface area contributed by atoms with Gasteiger partial charge in [0.15, 0.2) is 0 Å². The van der Waals surface area contributed by atoms with Crippen molar-refractivity contribution in [3.05, 3.63) is 86.2 Å². The highest BCUT2D eigenvalue weighted by atomic mass is 19.1. The van der Waals surface area contributed by atoms with Crippen molar-refractivity contribution in [2.75, 3.05) is 0 Å². The molecule has 2 aromatic carbocycles. The number of rotatable bonds is 6. The number of carbonyl (C=O) groups is 1. The van der Waals surface area contributed by atoms with E-state index in [0.29, 0.717) is 16.9 Å². The first kappa shape index (κ1) is 19.9. The summed E-state index contributed by atoms with van der Waals surface area (Å²) in [6, 6.07) is 12.6. The Morgan fingerprint density at radius 3 is 2.69 bits per heavy atom. The van der Waals surface area contributed by atoms with Crippen LogP contribution in [0, 0.1) is 11.8 Å². The number of benzene rings is 2. The minimum atomic E-state index is -0.640. The van der Waals surface area contributed by atoms with E-state index in [0.717, 1.165) is 0 Å². The molecule has 0 unspecified atom stereocenters. The fourth-order valence-electron chi connectivity index (χ4n) is 2.93. The van der Waals surface area contributed by atoms with E-state index >= 15 is 0 Å². The number of carbonyl (C=O) groups excluding carboxylic acids is 1. The number of amides is 1. The molecule has 29 heavy (non-hydrogen) atoms. The number of aromatic nitrogens is 2. The molecule has 2 N–H and O–H groups in total. The second-order valence-corrected chi connectivity index (χ2v) is 6.30. The van der Waals surface area contributed by atoms with Crippen molar-refractivity contribution in [3.63, 3.8) is 0 Å². The predicted octanol–water partition coefficient (Wildman–Crippen LogP) is 3.50. The molecule has 0 spiro atoms. The summed E-state index contributed by atoms with van der Waals surface area (Å²) < 4.78 is 14.2. The molecule has 0 saturated heterocycles. The normalized spacial score (nSPS) is 11.3. The molecule has 1 heterocycles. The van der Waals surface area contributed by atoms with Crippen molar-refractivity contribution in [2.24, 2.45) is 10.3 Å². The fourth-order valence-corrected chi connectivity index (χ4v) is 2.93. The first-order valence-corrected chi connectivity index (χ1v) is 8.70. The smallest absolute Gasteiger partial charge is 0.280 e. The zero-order chi connectivity index (χ0) is 21.0. The van der Waals surface area contributed by atoms with Gasteiger partial charge in [0.25, 0.3) is 11.5 Å². The first-order valence-electron chi connectivity index (χ1n) is 8.70. The van der Waals surface area contributed by atoms with Gasteiger partial charge in [-0.15, -0.1) is 4.91 Å². The van der Waals surface area contributed by atoms with E-state index in [9.17, 15) is 18.9 Å². The van der Waals surface area contributed by atoms with Crippen LogP contribution in [0.5, 0.6) is 0 Å². The number of aryl methyl sites for hydroxylation is 1. The van der Waals surface area contributed by atoms with Gasteiger partial charge < -0.3 is 0 Å². The van der Waals surface area contributed by atoms with E-state index in [1.807, 2.05) is 0 Å². The molecule has 0 bridgehead atoms. The van der Waals surface area contributed by atoms with Crippen LogP contribution in [0.2, 0.25) is 0 Å². The summed E-state index contributed by atoms with van der Waals surface area (Å²) in [5, 5.41) is 9.73. The highest BCUT2D eigenvalue weighted by Gasteiger charge is 2.16. The third-order valence-corrected chi connectivity index (χ3v) is 4.33. The van der Waals surface area contributed by atoms with Gasteiger partial charge in [0.2, 0.25) is 0 Å². The maximum Gasteiger partial charge on any atom is 0.280 e. The lowest BCUT2D eigenvalue weighted by atomic mass is 10.1. The van der Waals surface area contributed by atoms with E-state index in [1.165, 1.54) is 16.8 Å². The van der Waals surface area contributed by atoms with Gasteiger partial charge in [-0.3, -0.25) is 14.7 Å². The van der Waals surface area contributed by atoms with Crippen molar-refractivity contribution < 1.29 is 9.18 Å². The molecule has 0 aliphatic carbocycles.